The molecule has 0 aromatic rings. The van der Waals surface area contributed by atoms with E-state index in [2.05, 4.69) is 0 Å². The van der Waals surface area contributed by atoms with Crippen molar-refractivity contribution in [1.29, 1.82) is 0 Å². The van der Waals surface area contributed by atoms with Gasteiger partial charge in [-0.2, -0.15) is 0 Å². The summed E-state index contributed by atoms with van der Waals surface area (Å²) in [6.07, 6.45) is 1.60. The monoisotopic (exact) mass is 214 g/mol. The molecule has 0 aliphatic carbocycles. The molecule has 5 heteroatoms. The Labute approximate surface area is 89.2 Å². The number of carbonyl (C=O) groups is 2. The molecule has 86 valence electrons. The second-order valence-corrected chi connectivity index (χ2v) is 4.18. The van der Waals surface area contributed by atoms with Gasteiger partial charge in [-0.15, -0.1) is 0 Å². The van der Waals surface area contributed by atoms with E-state index >= 15 is 0 Å². The zero-order valence-corrected chi connectivity index (χ0v) is 9.03. The Morgan fingerprint density at radius 3 is 2.60 bits per heavy atom. The number of carboxylic acids is 1. The maximum Gasteiger partial charge on any atom is 0.310 e. The number of rotatable bonds is 5. The maximum atomic E-state index is 11.1. The van der Waals surface area contributed by atoms with E-state index in [0.717, 1.165) is 6.54 Å². The average Bonchev–Trinajstić information content (AvgIpc) is 2.59. The Bertz CT molecular complexity index is 267. The van der Waals surface area contributed by atoms with E-state index in [1.54, 1.807) is 0 Å². The molecule has 0 saturated carbocycles. The van der Waals surface area contributed by atoms with Crippen molar-refractivity contribution in [3.8, 4) is 0 Å². The highest BCUT2D eigenvalue weighted by Gasteiger charge is 2.42. The van der Waals surface area contributed by atoms with E-state index in [-0.39, 0.29) is 5.91 Å². The molecule has 15 heavy (non-hydrogen) atoms. The highest BCUT2D eigenvalue weighted by atomic mass is 16.4. The molecule has 0 radical (unpaired) electrons. The van der Waals surface area contributed by atoms with Crippen LogP contribution >= 0.6 is 0 Å². The second kappa shape index (κ2) is 4.61. The van der Waals surface area contributed by atoms with Gasteiger partial charge in [0.05, 0.1) is 5.41 Å². The van der Waals surface area contributed by atoms with E-state index in [4.69, 9.17) is 10.8 Å². The molecule has 1 unspecified atom stereocenters. The third-order valence-electron chi connectivity index (χ3n) is 3.24. The first-order valence-electron chi connectivity index (χ1n) is 5.24. The molecular formula is C10H18N2O3. The van der Waals surface area contributed by atoms with Gasteiger partial charge in [-0.1, -0.05) is 6.92 Å². The topological polar surface area (TPSA) is 83.6 Å². The summed E-state index contributed by atoms with van der Waals surface area (Å²) >= 11 is 0. The molecule has 1 saturated heterocycles. The van der Waals surface area contributed by atoms with E-state index in [1.807, 2.05) is 11.8 Å². The zero-order valence-electron chi connectivity index (χ0n) is 9.03. The number of amides is 1. The first-order chi connectivity index (χ1) is 7.00. The highest BCUT2D eigenvalue weighted by Crippen LogP contribution is 2.33. The van der Waals surface area contributed by atoms with Gasteiger partial charge >= 0.3 is 5.97 Å². The van der Waals surface area contributed by atoms with Crippen LogP contribution in [-0.2, 0) is 9.59 Å². The van der Waals surface area contributed by atoms with E-state index < -0.39 is 11.4 Å². The summed E-state index contributed by atoms with van der Waals surface area (Å²) in [5.74, 6) is -1.06. The van der Waals surface area contributed by atoms with Gasteiger partial charge in [0.25, 0.3) is 0 Å². The molecule has 1 heterocycles. The van der Waals surface area contributed by atoms with Gasteiger partial charge < -0.3 is 15.7 Å². The Kier molecular flexibility index (Phi) is 3.68. The van der Waals surface area contributed by atoms with Crippen molar-refractivity contribution in [3.05, 3.63) is 0 Å². The molecule has 0 aromatic carbocycles. The van der Waals surface area contributed by atoms with Crippen LogP contribution in [0.4, 0.5) is 0 Å². The zero-order chi connectivity index (χ0) is 11.5. The van der Waals surface area contributed by atoms with Gasteiger partial charge in [0.2, 0.25) is 5.91 Å². The normalized spacial score (nSPS) is 26.7. The van der Waals surface area contributed by atoms with Crippen LogP contribution in [0, 0.1) is 5.41 Å². The summed E-state index contributed by atoms with van der Waals surface area (Å²) in [5.41, 5.74) is 4.44. The standard InChI is InChI=1S/C10H18N2O3/c1-2-10(9(14)15)4-6-12(7-10)5-3-8(11)13/h2-7H2,1H3,(H2,11,13)(H,14,15). The average molecular weight is 214 g/mol. The molecule has 5 nitrogen and oxygen atoms in total. The lowest BCUT2D eigenvalue weighted by molar-refractivity contribution is -0.148. The van der Waals surface area contributed by atoms with Crippen molar-refractivity contribution in [2.75, 3.05) is 19.6 Å². The summed E-state index contributed by atoms with van der Waals surface area (Å²) in [6.45, 7) is 3.75. The van der Waals surface area contributed by atoms with Gasteiger partial charge in [-0.25, -0.2) is 0 Å². The second-order valence-electron chi connectivity index (χ2n) is 4.18. The number of carbonyl (C=O) groups excluding carboxylic acids is 1. The van der Waals surface area contributed by atoms with Gasteiger partial charge in [-0.3, -0.25) is 9.59 Å². The minimum Gasteiger partial charge on any atom is -0.481 e. The fourth-order valence-corrected chi connectivity index (χ4v) is 2.03. The van der Waals surface area contributed by atoms with Crippen LogP contribution in [0.15, 0.2) is 0 Å². The molecule has 1 rings (SSSR count). The largest absolute Gasteiger partial charge is 0.481 e. The first kappa shape index (κ1) is 12.0. The number of hydrogen-bond acceptors (Lipinski definition) is 3. The third kappa shape index (κ3) is 2.68. The van der Waals surface area contributed by atoms with Crippen molar-refractivity contribution in [2.24, 2.45) is 11.1 Å². The van der Waals surface area contributed by atoms with Crippen LogP contribution in [0.1, 0.15) is 26.2 Å². The number of aliphatic carboxylic acids is 1. The molecule has 0 aromatic heterocycles. The molecule has 1 aliphatic heterocycles. The van der Waals surface area contributed by atoms with Gasteiger partial charge in [0.15, 0.2) is 0 Å². The first-order valence-corrected chi connectivity index (χ1v) is 5.24. The van der Waals surface area contributed by atoms with Crippen molar-refractivity contribution in [1.82, 2.24) is 4.90 Å². The van der Waals surface area contributed by atoms with E-state index in [1.165, 1.54) is 0 Å². The number of primary amides is 1. The Morgan fingerprint density at radius 1 is 1.53 bits per heavy atom. The van der Waals surface area contributed by atoms with Crippen LogP contribution < -0.4 is 5.73 Å². The predicted molar refractivity (Wildman–Crippen MR) is 55.2 cm³/mol. The highest BCUT2D eigenvalue weighted by molar-refractivity contribution is 5.75. The van der Waals surface area contributed by atoms with Crippen molar-refractivity contribution < 1.29 is 14.7 Å². The van der Waals surface area contributed by atoms with Gasteiger partial charge in [0, 0.05) is 19.5 Å². The Balaban J connectivity index is 2.50. The lowest BCUT2D eigenvalue weighted by Crippen LogP contribution is -2.35. The van der Waals surface area contributed by atoms with Crippen molar-refractivity contribution in [2.45, 2.75) is 26.2 Å². The molecular weight excluding hydrogens is 196 g/mol. The molecule has 3 N–H and O–H groups in total. The number of carboxylic acid groups (broad SMARTS) is 1. The van der Waals surface area contributed by atoms with Crippen LogP contribution in [-0.4, -0.2) is 41.5 Å². The van der Waals surface area contributed by atoms with Gasteiger partial charge in [-0.05, 0) is 19.4 Å². The maximum absolute atomic E-state index is 11.1. The molecule has 0 spiro atoms. The summed E-state index contributed by atoms with van der Waals surface area (Å²) in [4.78, 5) is 23.7. The van der Waals surface area contributed by atoms with E-state index in [0.29, 0.717) is 32.4 Å². The predicted octanol–water partition coefficient (Wildman–Crippen LogP) is 0.0485. The SMILES string of the molecule is CCC1(C(=O)O)CCN(CCC(N)=O)C1. The number of hydrogen-bond donors (Lipinski definition) is 2. The summed E-state index contributed by atoms with van der Waals surface area (Å²) in [6, 6.07) is 0. The minimum absolute atomic E-state index is 0.305. The minimum atomic E-state index is -0.730. The van der Waals surface area contributed by atoms with Crippen LogP contribution in [0.2, 0.25) is 0 Å². The van der Waals surface area contributed by atoms with Crippen LogP contribution in [0.3, 0.4) is 0 Å². The smallest absolute Gasteiger partial charge is 0.310 e. The number of nitrogens with zero attached hydrogens (tertiary/aromatic N) is 1. The molecule has 1 fully saturated rings. The fourth-order valence-electron chi connectivity index (χ4n) is 2.03. The number of nitrogens with two attached hydrogens (primary N) is 1. The van der Waals surface area contributed by atoms with Crippen LogP contribution in [0.25, 0.3) is 0 Å². The lowest BCUT2D eigenvalue weighted by atomic mass is 9.84. The molecule has 1 aliphatic rings. The summed E-state index contributed by atoms with van der Waals surface area (Å²) < 4.78 is 0. The van der Waals surface area contributed by atoms with Gasteiger partial charge in [0.1, 0.15) is 0 Å². The number of likely N-dealkylation sites (tertiary alicyclic amines) is 1. The molecule has 1 amide bonds. The lowest BCUT2D eigenvalue weighted by Gasteiger charge is -2.22. The van der Waals surface area contributed by atoms with Crippen LogP contribution in [0.5, 0.6) is 0 Å². The molecule has 0 bridgehead atoms. The van der Waals surface area contributed by atoms with Crippen molar-refractivity contribution in [3.63, 3.8) is 0 Å². The fraction of sp³-hybridized carbons (Fsp3) is 0.800. The third-order valence-corrected chi connectivity index (χ3v) is 3.24. The van der Waals surface area contributed by atoms with E-state index in [9.17, 15) is 9.59 Å². The summed E-state index contributed by atoms with van der Waals surface area (Å²) in [5, 5.41) is 9.14. The summed E-state index contributed by atoms with van der Waals surface area (Å²) in [7, 11) is 0. The Morgan fingerprint density at radius 2 is 2.20 bits per heavy atom. The molecule has 1 atom stereocenters. The Hall–Kier alpha value is -1.10. The van der Waals surface area contributed by atoms with Crippen molar-refractivity contribution >= 4 is 11.9 Å². The quantitative estimate of drug-likeness (QED) is 0.677.